The second kappa shape index (κ2) is 9.47. The maximum Gasteiger partial charge on any atom is 0.197 e. The Morgan fingerprint density at radius 2 is 1.57 bits per heavy atom. The fourth-order valence-electron chi connectivity index (χ4n) is 4.18. The molecule has 0 atom stereocenters. The van der Waals surface area contributed by atoms with Crippen LogP contribution in [0.25, 0.3) is 22.3 Å². The van der Waals surface area contributed by atoms with E-state index in [0.29, 0.717) is 29.0 Å². The summed E-state index contributed by atoms with van der Waals surface area (Å²) < 4.78 is 24.6. The second-order valence-corrected chi connectivity index (χ2v) is 8.39. The van der Waals surface area contributed by atoms with Gasteiger partial charge in [-0.05, 0) is 72.3 Å². The maximum atomic E-state index is 13.7. The third kappa shape index (κ3) is 4.53. The molecule has 0 bridgehead atoms. The molecule has 5 aromatic rings. The molecule has 0 fully saturated rings. The molecule has 0 aliphatic heterocycles. The van der Waals surface area contributed by atoms with E-state index in [4.69, 9.17) is 9.15 Å². The Morgan fingerprint density at radius 3 is 2.26 bits per heavy atom. The van der Waals surface area contributed by atoms with Gasteiger partial charge < -0.3 is 14.1 Å². The normalized spacial score (nSPS) is 10.9. The van der Waals surface area contributed by atoms with Crippen LogP contribution < -0.4 is 9.64 Å². The summed E-state index contributed by atoms with van der Waals surface area (Å²) in [5.41, 5.74) is 4.54. The van der Waals surface area contributed by atoms with Crippen molar-refractivity contribution in [2.45, 2.75) is 6.54 Å². The van der Waals surface area contributed by atoms with E-state index in [1.165, 1.54) is 12.1 Å². The second-order valence-electron chi connectivity index (χ2n) is 8.39. The van der Waals surface area contributed by atoms with E-state index in [1.54, 1.807) is 19.2 Å². The van der Waals surface area contributed by atoms with Crippen LogP contribution >= 0.6 is 0 Å². The molecular formula is C30H24FNO3. The minimum Gasteiger partial charge on any atom is -0.497 e. The monoisotopic (exact) mass is 465 g/mol. The molecule has 0 spiro atoms. The molecule has 0 saturated carbocycles. The molecule has 4 aromatic carbocycles. The number of ether oxygens (including phenoxy) is 1. The number of hydrogen-bond donors (Lipinski definition) is 0. The van der Waals surface area contributed by atoms with Crippen LogP contribution in [0.5, 0.6) is 5.75 Å². The van der Waals surface area contributed by atoms with Crippen molar-refractivity contribution in [1.29, 1.82) is 0 Å². The van der Waals surface area contributed by atoms with Gasteiger partial charge in [0.15, 0.2) is 5.78 Å². The van der Waals surface area contributed by atoms with E-state index in [2.05, 4.69) is 4.90 Å². The van der Waals surface area contributed by atoms with Crippen LogP contribution in [0.1, 0.15) is 21.5 Å². The largest absolute Gasteiger partial charge is 0.497 e. The Labute approximate surface area is 203 Å². The van der Waals surface area contributed by atoms with Crippen molar-refractivity contribution >= 4 is 22.4 Å². The van der Waals surface area contributed by atoms with Gasteiger partial charge >= 0.3 is 0 Å². The molecule has 1 heterocycles. The van der Waals surface area contributed by atoms with Crippen molar-refractivity contribution in [1.82, 2.24) is 0 Å². The molecule has 5 rings (SSSR count). The van der Waals surface area contributed by atoms with Gasteiger partial charge in [0.2, 0.25) is 0 Å². The Hall–Kier alpha value is -4.38. The zero-order valence-corrected chi connectivity index (χ0v) is 19.5. The molecule has 0 radical (unpaired) electrons. The number of anilines is 1. The number of halogens is 1. The third-order valence-corrected chi connectivity index (χ3v) is 6.08. The number of carbonyl (C=O) groups excluding carboxylic acids is 1. The van der Waals surface area contributed by atoms with Gasteiger partial charge in [0.1, 0.15) is 22.9 Å². The summed E-state index contributed by atoms with van der Waals surface area (Å²) >= 11 is 0. The van der Waals surface area contributed by atoms with Crippen molar-refractivity contribution in [2.24, 2.45) is 0 Å². The predicted octanol–water partition coefficient (Wildman–Crippen LogP) is 7.11. The highest BCUT2D eigenvalue weighted by atomic mass is 19.1. The van der Waals surface area contributed by atoms with Crippen LogP contribution in [-0.2, 0) is 6.54 Å². The Kier molecular flexibility index (Phi) is 6.06. The van der Waals surface area contributed by atoms with E-state index in [0.717, 1.165) is 28.0 Å². The Morgan fingerprint density at radius 1 is 0.886 bits per heavy atom. The molecule has 0 aliphatic carbocycles. The van der Waals surface area contributed by atoms with Crippen molar-refractivity contribution in [2.75, 3.05) is 19.1 Å². The molecular weight excluding hydrogens is 441 g/mol. The molecule has 35 heavy (non-hydrogen) atoms. The fraction of sp³-hybridized carbons (Fsp3) is 0.100. The first-order valence-corrected chi connectivity index (χ1v) is 11.3. The number of hydrogen-bond acceptors (Lipinski definition) is 4. The summed E-state index contributed by atoms with van der Waals surface area (Å²) in [6.45, 7) is 0.627. The van der Waals surface area contributed by atoms with Crippen LogP contribution in [0.3, 0.4) is 0 Å². The fourth-order valence-corrected chi connectivity index (χ4v) is 4.18. The van der Waals surface area contributed by atoms with Crippen LogP contribution in [0, 0.1) is 5.82 Å². The lowest BCUT2D eigenvalue weighted by Crippen LogP contribution is -2.16. The molecule has 0 saturated heterocycles. The van der Waals surface area contributed by atoms with Gasteiger partial charge in [0.25, 0.3) is 0 Å². The van der Waals surface area contributed by atoms with Crippen molar-refractivity contribution in [3.8, 4) is 17.1 Å². The van der Waals surface area contributed by atoms with Crippen molar-refractivity contribution < 1.29 is 18.3 Å². The lowest BCUT2D eigenvalue weighted by molar-refractivity contribution is 0.104. The van der Waals surface area contributed by atoms with Crippen molar-refractivity contribution in [3.05, 3.63) is 120 Å². The van der Waals surface area contributed by atoms with Crippen LogP contribution in [-0.4, -0.2) is 19.9 Å². The number of furan rings is 1. The standard InChI is InChI=1S/C30H24FNO3/c1-32(19-20-7-13-23(31)14-8-20)24-15-9-21(10-16-24)29(33)28-26-5-3-4-6-27(26)35-30(28)22-11-17-25(34-2)18-12-22/h3-18H,19H2,1-2H3. The zero-order chi connectivity index (χ0) is 24.4. The average molecular weight is 466 g/mol. The minimum absolute atomic E-state index is 0.103. The number of carbonyl (C=O) groups is 1. The SMILES string of the molecule is COc1ccc(-c2oc3ccccc3c2C(=O)c2ccc(N(C)Cc3ccc(F)cc3)cc2)cc1. The number of benzene rings is 4. The lowest BCUT2D eigenvalue weighted by Gasteiger charge is -2.19. The summed E-state index contributed by atoms with van der Waals surface area (Å²) in [6.07, 6.45) is 0. The van der Waals surface area contributed by atoms with Gasteiger partial charge in [-0.15, -0.1) is 0 Å². The number of para-hydroxylation sites is 1. The molecule has 174 valence electrons. The van der Waals surface area contributed by atoms with Gasteiger partial charge in [0, 0.05) is 35.8 Å². The third-order valence-electron chi connectivity index (χ3n) is 6.08. The summed E-state index contributed by atoms with van der Waals surface area (Å²) in [5, 5.41) is 0.779. The molecule has 0 aliphatic rings. The molecule has 0 unspecified atom stereocenters. The quantitative estimate of drug-likeness (QED) is 0.240. The highest BCUT2D eigenvalue weighted by molar-refractivity contribution is 6.19. The minimum atomic E-state index is -0.250. The van der Waals surface area contributed by atoms with Crippen molar-refractivity contribution in [3.63, 3.8) is 0 Å². The first-order valence-electron chi connectivity index (χ1n) is 11.3. The summed E-state index contributed by atoms with van der Waals surface area (Å²) in [6, 6.07) is 29.0. The van der Waals surface area contributed by atoms with Gasteiger partial charge in [-0.2, -0.15) is 0 Å². The Balaban J connectivity index is 1.46. The van der Waals surface area contributed by atoms with E-state index in [1.807, 2.05) is 79.8 Å². The smallest absolute Gasteiger partial charge is 0.197 e. The van der Waals surface area contributed by atoms with Gasteiger partial charge in [-0.25, -0.2) is 4.39 Å². The number of nitrogens with zero attached hydrogens (tertiary/aromatic N) is 1. The van der Waals surface area contributed by atoms with E-state index in [-0.39, 0.29) is 11.6 Å². The topological polar surface area (TPSA) is 42.7 Å². The van der Waals surface area contributed by atoms with E-state index < -0.39 is 0 Å². The van der Waals surface area contributed by atoms with Crippen LogP contribution in [0.2, 0.25) is 0 Å². The number of fused-ring (bicyclic) bond motifs is 1. The van der Waals surface area contributed by atoms with E-state index >= 15 is 0 Å². The van der Waals surface area contributed by atoms with Gasteiger partial charge in [-0.1, -0.05) is 30.3 Å². The molecule has 1 aromatic heterocycles. The van der Waals surface area contributed by atoms with Crippen LogP contribution in [0.4, 0.5) is 10.1 Å². The lowest BCUT2D eigenvalue weighted by atomic mass is 9.97. The number of ketones is 1. The first kappa shape index (κ1) is 22.4. The predicted molar refractivity (Wildman–Crippen MR) is 137 cm³/mol. The number of methoxy groups -OCH3 is 1. The molecule has 4 nitrogen and oxygen atoms in total. The summed E-state index contributed by atoms with van der Waals surface area (Å²) in [4.78, 5) is 15.8. The maximum absolute atomic E-state index is 13.7. The molecule has 0 amide bonds. The molecule has 5 heteroatoms. The average Bonchev–Trinajstić information content (AvgIpc) is 3.29. The summed E-state index contributed by atoms with van der Waals surface area (Å²) in [5.74, 6) is 0.919. The van der Waals surface area contributed by atoms with Gasteiger partial charge in [0.05, 0.1) is 12.7 Å². The van der Waals surface area contributed by atoms with Gasteiger partial charge in [-0.3, -0.25) is 4.79 Å². The molecule has 0 N–H and O–H groups in total. The van der Waals surface area contributed by atoms with Crippen LogP contribution in [0.15, 0.2) is 101 Å². The first-order chi connectivity index (χ1) is 17.0. The number of rotatable bonds is 7. The zero-order valence-electron chi connectivity index (χ0n) is 19.5. The van der Waals surface area contributed by atoms with E-state index in [9.17, 15) is 9.18 Å². The highest BCUT2D eigenvalue weighted by Crippen LogP contribution is 2.36. The highest BCUT2D eigenvalue weighted by Gasteiger charge is 2.23. The Bertz CT molecular complexity index is 1470. The summed E-state index contributed by atoms with van der Waals surface area (Å²) in [7, 11) is 3.58.